The number of esters is 1. The second-order valence-electron chi connectivity index (χ2n) is 8.32. The van der Waals surface area contributed by atoms with Crippen LogP contribution >= 0.6 is 11.3 Å². The van der Waals surface area contributed by atoms with Gasteiger partial charge in [0.05, 0.1) is 36.1 Å². The van der Waals surface area contributed by atoms with E-state index < -0.39 is 23.3 Å². The second-order valence-corrected chi connectivity index (χ2v) is 9.35. The Balaban J connectivity index is 1.77. The summed E-state index contributed by atoms with van der Waals surface area (Å²) in [7, 11) is 1.28. The van der Waals surface area contributed by atoms with Gasteiger partial charge >= 0.3 is 5.97 Å². The van der Waals surface area contributed by atoms with E-state index in [1.54, 1.807) is 36.4 Å². The highest BCUT2D eigenvalue weighted by atomic mass is 32.1. The molecule has 1 aliphatic heterocycles. The molecule has 0 unspecified atom stereocenters. The van der Waals surface area contributed by atoms with Crippen LogP contribution in [0.4, 0.5) is 4.39 Å². The zero-order chi connectivity index (χ0) is 27.1. The van der Waals surface area contributed by atoms with Gasteiger partial charge in [-0.25, -0.2) is 9.18 Å². The highest BCUT2D eigenvalue weighted by Gasteiger charge is 2.19. The summed E-state index contributed by atoms with van der Waals surface area (Å²) in [6, 6.07) is 13.9. The van der Waals surface area contributed by atoms with Gasteiger partial charge < -0.3 is 14.8 Å². The molecule has 1 amide bonds. The molecule has 1 aromatic heterocycles. The zero-order valence-corrected chi connectivity index (χ0v) is 21.4. The minimum absolute atomic E-state index is 0.0175. The number of thiazole rings is 1. The number of carbonyl (C=O) groups excluding carboxylic acids is 2. The van der Waals surface area contributed by atoms with Gasteiger partial charge in [0.25, 0.3) is 11.5 Å². The van der Waals surface area contributed by atoms with Crippen molar-refractivity contribution < 1.29 is 23.5 Å². The number of hydrogen-bond acceptors (Lipinski definition) is 8. The average Bonchev–Trinajstić information content (AvgIpc) is 3.24. The van der Waals surface area contributed by atoms with Gasteiger partial charge in [-0.3, -0.25) is 19.1 Å². The van der Waals surface area contributed by atoms with E-state index in [4.69, 9.17) is 9.47 Å². The molecule has 38 heavy (non-hydrogen) atoms. The van der Waals surface area contributed by atoms with E-state index in [0.717, 1.165) is 29.0 Å². The predicted molar refractivity (Wildman–Crippen MR) is 140 cm³/mol. The summed E-state index contributed by atoms with van der Waals surface area (Å²) in [5.74, 6) is -1.82. The Morgan fingerprint density at radius 1 is 1.18 bits per heavy atom. The lowest BCUT2D eigenvalue weighted by molar-refractivity contribution is -0.115. The predicted octanol–water partition coefficient (Wildman–Crippen LogP) is 0.776. The van der Waals surface area contributed by atoms with E-state index in [-0.39, 0.29) is 20.5 Å². The van der Waals surface area contributed by atoms with Crippen molar-refractivity contribution in [1.29, 1.82) is 5.26 Å². The number of para-hydroxylation sites is 1. The van der Waals surface area contributed by atoms with Crippen molar-refractivity contribution in [3.8, 4) is 11.8 Å². The van der Waals surface area contributed by atoms with Crippen LogP contribution in [0.2, 0.25) is 0 Å². The molecule has 196 valence electrons. The Morgan fingerprint density at radius 3 is 2.55 bits per heavy atom. The Hall–Kier alpha value is -4.11. The number of rotatable bonds is 7. The average molecular weight is 537 g/mol. The summed E-state index contributed by atoms with van der Waals surface area (Å²) in [5.41, 5.74) is -0.0109. The summed E-state index contributed by atoms with van der Waals surface area (Å²) >= 11 is 0.911. The lowest BCUT2D eigenvalue weighted by Crippen LogP contribution is -2.42. The molecular formula is C27H25FN4O5S. The number of nitriles is 1. The van der Waals surface area contributed by atoms with E-state index in [9.17, 15) is 24.0 Å². The zero-order valence-electron chi connectivity index (χ0n) is 20.6. The maximum Gasteiger partial charge on any atom is 0.337 e. The van der Waals surface area contributed by atoms with E-state index in [1.807, 2.05) is 6.07 Å². The standard InChI is InChI=1S/C27H25FN4O5S/c1-36-27(35)19-8-6-18(7-9-19)16-23-25(34)32(22-5-3-2-4-21(22)28)26(38-23)20(17-29)24(33)30-10-11-31-12-14-37-15-13-31/h2-9,16H,10-15H2,1H3,(H,30,33). The number of carbonyl (C=O) groups is 2. The first-order valence-corrected chi connectivity index (χ1v) is 12.6. The summed E-state index contributed by atoms with van der Waals surface area (Å²) in [4.78, 5) is 40.3. The van der Waals surface area contributed by atoms with E-state index in [0.29, 0.717) is 37.4 Å². The van der Waals surface area contributed by atoms with Crippen molar-refractivity contribution in [3.05, 3.63) is 85.0 Å². The number of morpholine rings is 1. The first kappa shape index (κ1) is 26.9. The van der Waals surface area contributed by atoms with Crippen molar-refractivity contribution in [2.75, 3.05) is 46.5 Å². The molecule has 0 saturated carbocycles. The number of aromatic nitrogens is 1. The van der Waals surface area contributed by atoms with Crippen LogP contribution < -0.4 is 20.1 Å². The molecule has 2 aromatic carbocycles. The van der Waals surface area contributed by atoms with Crippen LogP contribution in [0.25, 0.3) is 17.3 Å². The molecule has 11 heteroatoms. The Kier molecular flexibility index (Phi) is 8.81. The summed E-state index contributed by atoms with van der Waals surface area (Å²) in [6.45, 7) is 3.63. The summed E-state index contributed by atoms with van der Waals surface area (Å²) in [5, 5.41) is 12.6. The smallest absolute Gasteiger partial charge is 0.337 e. The van der Waals surface area contributed by atoms with Crippen LogP contribution in [0.5, 0.6) is 0 Å². The highest BCUT2D eigenvalue weighted by Crippen LogP contribution is 2.10. The fourth-order valence-corrected chi connectivity index (χ4v) is 5.02. The molecule has 0 spiro atoms. The number of nitrogens with one attached hydrogen (secondary N) is 1. The van der Waals surface area contributed by atoms with Crippen LogP contribution in [-0.2, 0) is 14.3 Å². The summed E-state index contributed by atoms with van der Waals surface area (Å²) in [6.07, 6.45) is 1.56. The Labute approximate surface area is 221 Å². The molecule has 9 nitrogen and oxygen atoms in total. The Bertz CT molecular complexity index is 1550. The SMILES string of the molecule is COC(=O)c1ccc(C=c2sc(=C(C#N)C(=O)NCCN3CCOCC3)n(-c3ccccc3F)c2=O)cc1. The topological polar surface area (TPSA) is 114 Å². The van der Waals surface area contributed by atoms with Gasteiger partial charge in [-0.05, 0) is 35.9 Å². The van der Waals surface area contributed by atoms with E-state index in [2.05, 4.69) is 10.2 Å². The first-order chi connectivity index (χ1) is 18.4. The minimum Gasteiger partial charge on any atom is -0.465 e. The molecule has 0 radical (unpaired) electrons. The third-order valence-corrected chi connectivity index (χ3v) is 7.01. The molecular weight excluding hydrogens is 511 g/mol. The third kappa shape index (κ3) is 6.06. The quantitative estimate of drug-likeness (QED) is 0.444. The van der Waals surface area contributed by atoms with Crippen molar-refractivity contribution >= 4 is 34.9 Å². The maximum absolute atomic E-state index is 14.8. The fourth-order valence-electron chi connectivity index (χ4n) is 3.92. The fraction of sp³-hybridized carbons (Fsp3) is 0.259. The van der Waals surface area contributed by atoms with Crippen molar-refractivity contribution in [2.45, 2.75) is 0 Å². The summed E-state index contributed by atoms with van der Waals surface area (Å²) < 4.78 is 26.1. The maximum atomic E-state index is 14.8. The number of benzene rings is 2. The molecule has 4 rings (SSSR count). The molecule has 1 N–H and O–H groups in total. The molecule has 3 aromatic rings. The highest BCUT2D eigenvalue weighted by molar-refractivity contribution is 7.07. The van der Waals surface area contributed by atoms with Gasteiger partial charge in [0.1, 0.15) is 16.5 Å². The minimum atomic E-state index is -0.673. The van der Waals surface area contributed by atoms with Crippen molar-refractivity contribution in [2.24, 2.45) is 0 Å². The van der Waals surface area contributed by atoms with Crippen LogP contribution in [0.3, 0.4) is 0 Å². The largest absolute Gasteiger partial charge is 0.465 e. The molecule has 2 heterocycles. The molecule has 0 bridgehead atoms. The van der Waals surface area contributed by atoms with Gasteiger partial charge in [-0.1, -0.05) is 24.3 Å². The molecule has 1 fully saturated rings. The lowest BCUT2D eigenvalue weighted by atomic mass is 10.1. The van der Waals surface area contributed by atoms with Gasteiger partial charge in [-0.2, -0.15) is 5.26 Å². The van der Waals surface area contributed by atoms with E-state index in [1.165, 1.54) is 25.3 Å². The normalized spacial score (nSPS) is 15.0. The monoisotopic (exact) mass is 536 g/mol. The number of hydrogen-bond donors (Lipinski definition) is 1. The van der Waals surface area contributed by atoms with Crippen LogP contribution in [0, 0.1) is 17.1 Å². The number of nitrogens with zero attached hydrogens (tertiary/aromatic N) is 3. The molecule has 1 saturated heterocycles. The van der Waals surface area contributed by atoms with Crippen LogP contribution in [-0.4, -0.2) is 67.8 Å². The van der Waals surface area contributed by atoms with Gasteiger partial charge in [-0.15, -0.1) is 11.3 Å². The first-order valence-electron chi connectivity index (χ1n) is 11.8. The van der Waals surface area contributed by atoms with Crippen molar-refractivity contribution in [1.82, 2.24) is 14.8 Å². The second kappa shape index (κ2) is 12.4. The number of halogens is 1. The van der Waals surface area contributed by atoms with Gasteiger partial charge in [0.2, 0.25) is 0 Å². The molecule has 1 aliphatic rings. The lowest BCUT2D eigenvalue weighted by Gasteiger charge is -2.26. The number of ether oxygens (including phenoxy) is 2. The number of amides is 1. The molecule has 0 aliphatic carbocycles. The van der Waals surface area contributed by atoms with Crippen LogP contribution in [0.15, 0.2) is 53.3 Å². The van der Waals surface area contributed by atoms with Gasteiger partial charge in [0, 0.05) is 26.2 Å². The molecule has 0 atom stereocenters. The van der Waals surface area contributed by atoms with E-state index >= 15 is 0 Å². The van der Waals surface area contributed by atoms with Crippen LogP contribution in [0.1, 0.15) is 15.9 Å². The van der Waals surface area contributed by atoms with Gasteiger partial charge in [0.15, 0.2) is 5.57 Å². The Morgan fingerprint density at radius 2 is 1.89 bits per heavy atom. The third-order valence-electron chi connectivity index (χ3n) is 5.92. The number of methoxy groups -OCH3 is 1. The van der Waals surface area contributed by atoms with Crippen molar-refractivity contribution in [3.63, 3.8) is 0 Å².